The van der Waals surface area contributed by atoms with E-state index in [0.29, 0.717) is 17.3 Å². The van der Waals surface area contributed by atoms with Crippen LogP contribution >= 0.6 is 11.6 Å². The van der Waals surface area contributed by atoms with E-state index in [9.17, 15) is 9.59 Å². The Hall–Kier alpha value is -3.44. The molecule has 0 fully saturated rings. The average molecular weight is 404 g/mol. The van der Waals surface area contributed by atoms with Gasteiger partial charge in [-0.2, -0.15) is 5.10 Å². The third kappa shape index (κ3) is 4.36. The summed E-state index contributed by atoms with van der Waals surface area (Å²) in [6, 6.07) is 24.3. The lowest BCUT2D eigenvalue weighted by molar-refractivity contribution is -0.122. The summed E-state index contributed by atoms with van der Waals surface area (Å²) in [4.78, 5) is 24.6. The highest BCUT2D eigenvalue weighted by Crippen LogP contribution is 2.26. The number of hydrogen-bond acceptors (Lipinski definition) is 3. The van der Waals surface area contributed by atoms with Crippen LogP contribution in [0.15, 0.2) is 83.7 Å². The summed E-state index contributed by atoms with van der Waals surface area (Å²) in [7, 11) is 0. The quantitative estimate of drug-likeness (QED) is 0.547. The van der Waals surface area contributed by atoms with Crippen molar-refractivity contribution in [1.82, 2.24) is 15.1 Å². The van der Waals surface area contributed by atoms with Crippen LogP contribution in [0.3, 0.4) is 0 Å². The monoisotopic (exact) mass is 403 g/mol. The fraction of sp³-hybridized carbons (Fsp3) is 0.0870. The van der Waals surface area contributed by atoms with Crippen LogP contribution in [0.1, 0.15) is 5.56 Å². The molecular formula is C23H18ClN3O2. The highest BCUT2D eigenvalue weighted by Gasteiger charge is 2.10. The van der Waals surface area contributed by atoms with E-state index in [-0.39, 0.29) is 18.0 Å². The fourth-order valence-electron chi connectivity index (χ4n) is 3.19. The normalized spacial score (nSPS) is 10.8. The van der Waals surface area contributed by atoms with E-state index >= 15 is 0 Å². The van der Waals surface area contributed by atoms with Gasteiger partial charge in [-0.3, -0.25) is 9.59 Å². The predicted molar refractivity (Wildman–Crippen MR) is 115 cm³/mol. The second kappa shape index (κ2) is 8.29. The minimum absolute atomic E-state index is 0.155. The molecule has 6 heteroatoms. The maximum absolute atomic E-state index is 12.3. The van der Waals surface area contributed by atoms with Crippen molar-refractivity contribution >= 4 is 28.3 Å². The number of hydrogen-bond donors (Lipinski definition) is 1. The zero-order valence-electron chi connectivity index (χ0n) is 15.5. The third-order valence-corrected chi connectivity index (χ3v) is 4.84. The van der Waals surface area contributed by atoms with Crippen LogP contribution in [-0.4, -0.2) is 15.7 Å². The van der Waals surface area contributed by atoms with Crippen LogP contribution < -0.4 is 10.9 Å². The van der Waals surface area contributed by atoms with Gasteiger partial charge in [0.2, 0.25) is 5.91 Å². The van der Waals surface area contributed by atoms with E-state index in [1.807, 2.05) is 54.6 Å². The van der Waals surface area contributed by atoms with Gasteiger partial charge in [-0.15, -0.1) is 0 Å². The maximum atomic E-state index is 12.3. The first-order chi connectivity index (χ1) is 14.1. The van der Waals surface area contributed by atoms with E-state index in [0.717, 1.165) is 21.9 Å². The van der Waals surface area contributed by atoms with Gasteiger partial charge in [0.1, 0.15) is 6.54 Å². The Labute approximate surface area is 172 Å². The van der Waals surface area contributed by atoms with Crippen LogP contribution in [0.5, 0.6) is 0 Å². The number of fused-ring (bicyclic) bond motifs is 1. The van der Waals surface area contributed by atoms with Crippen molar-refractivity contribution in [3.05, 3.63) is 99.8 Å². The van der Waals surface area contributed by atoms with Crippen molar-refractivity contribution in [2.75, 3.05) is 0 Å². The lowest BCUT2D eigenvalue weighted by Crippen LogP contribution is -2.33. The van der Waals surface area contributed by atoms with Crippen LogP contribution in [0.25, 0.3) is 22.0 Å². The molecule has 4 aromatic rings. The van der Waals surface area contributed by atoms with Crippen molar-refractivity contribution in [1.29, 1.82) is 0 Å². The van der Waals surface area contributed by atoms with Gasteiger partial charge >= 0.3 is 0 Å². The molecule has 0 saturated carbocycles. The Bertz CT molecular complexity index is 1240. The van der Waals surface area contributed by atoms with E-state index in [4.69, 9.17) is 11.6 Å². The molecular weight excluding hydrogens is 386 g/mol. The Kier molecular flexibility index (Phi) is 5.40. The summed E-state index contributed by atoms with van der Waals surface area (Å²) >= 11 is 5.96. The number of aromatic nitrogens is 2. The number of amides is 1. The minimum Gasteiger partial charge on any atom is -0.350 e. The molecule has 0 aliphatic rings. The summed E-state index contributed by atoms with van der Waals surface area (Å²) in [5.41, 5.74) is 2.11. The zero-order chi connectivity index (χ0) is 20.2. The van der Waals surface area contributed by atoms with Crippen molar-refractivity contribution in [2.45, 2.75) is 13.1 Å². The second-order valence-electron chi connectivity index (χ2n) is 6.65. The molecule has 144 valence electrons. The summed E-state index contributed by atoms with van der Waals surface area (Å²) < 4.78 is 1.18. The van der Waals surface area contributed by atoms with Crippen molar-refractivity contribution in [2.24, 2.45) is 0 Å². The van der Waals surface area contributed by atoms with Crippen molar-refractivity contribution < 1.29 is 4.79 Å². The molecule has 5 nitrogen and oxygen atoms in total. The first kappa shape index (κ1) is 18.9. The molecule has 1 aromatic heterocycles. The number of nitrogens with zero attached hydrogens (tertiary/aromatic N) is 2. The molecule has 0 radical (unpaired) electrons. The summed E-state index contributed by atoms with van der Waals surface area (Å²) in [5, 5.41) is 9.95. The maximum Gasteiger partial charge on any atom is 0.267 e. The number of carbonyl (C=O) groups is 1. The standard InChI is InChI=1S/C23H18ClN3O2/c24-18-8-3-5-16(13-18)14-25-22(28)15-27-23(29)12-11-21(26-27)20-10-4-7-17-6-1-2-9-19(17)20/h1-13H,14-15H2,(H,25,28). The zero-order valence-corrected chi connectivity index (χ0v) is 16.3. The molecule has 29 heavy (non-hydrogen) atoms. The summed E-state index contributed by atoms with van der Waals surface area (Å²) in [5.74, 6) is -0.297. The Balaban J connectivity index is 1.55. The SMILES string of the molecule is O=C(Cn1nc(-c2cccc3ccccc23)ccc1=O)NCc1cccc(Cl)c1. The first-order valence-electron chi connectivity index (χ1n) is 9.17. The fourth-order valence-corrected chi connectivity index (χ4v) is 3.41. The van der Waals surface area contributed by atoms with Gasteiger partial charge in [0.15, 0.2) is 0 Å². The van der Waals surface area contributed by atoms with Gasteiger partial charge in [0, 0.05) is 23.2 Å². The lowest BCUT2D eigenvalue weighted by atomic mass is 10.0. The molecule has 0 aliphatic carbocycles. The van der Waals surface area contributed by atoms with Gasteiger partial charge in [-0.05, 0) is 34.5 Å². The molecule has 0 bridgehead atoms. The van der Waals surface area contributed by atoms with E-state index in [1.54, 1.807) is 18.2 Å². The van der Waals surface area contributed by atoms with Crippen LogP contribution in [0.2, 0.25) is 5.02 Å². The van der Waals surface area contributed by atoms with Gasteiger partial charge in [0.05, 0.1) is 5.69 Å². The number of halogens is 1. The van der Waals surface area contributed by atoms with Gasteiger partial charge in [0.25, 0.3) is 5.56 Å². The van der Waals surface area contributed by atoms with Crippen LogP contribution in [-0.2, 0) is 17.9 Å². The van der Waals surface area contributed by atoms with Crippen LogP contribution in [0, 0.1) is 0 Å². The molecule has 1 heterocycles. The van der Waals surface area contributed by atoms with Crippen molar-refractivity contribution in [3.63, 3.8) is 0 Å². The van der Waals surface area contributed by atoms with E-state index in [2.05, 4.69) is 10.4 Å². The molecule has 1 N–H and O–H groups in total. The number of nitrogens with one attached hydrogen (secondary N) is 1. The molecule has 1 amide bonds. The Morgan fingerprint density at radius 2 is 1.76 bits per heavy atom. The summed E-state index contributed by atoms with van der Waals surface area (Å²) in [6.45, 7) is 0.176. The lowest BCUT2D eigenvalue weighted by Gasteiger charge is -2.10. The van der Waals surface area contributed by atoms with E-state index in [1.165, 1.54) is 10.7 Å². The molecule has 0 spiro atoms. The topological polar surface area (TPSA) is 64.0 Å². The second-order valence-corrected chi connectivity index (χ2v) is 7.08. The number of benzene rings is 3. The number of carbonyl (C=O) groups excluding carboxylic acids is 1. The van der Waals surface area contributed by atoms with Crippen LogP contribution in [0.4, 0.5) is 0 Å². The molecule has 0 aliphatic heterocycles. The third-order valence-electron chi connectivity index (χ3n) is 4.60. The summed E-state index contributed by atoms with van der Waals surface area (Å²) in [6.07, 6.45) is 0. The predicted octanol–water partition coefficient (Wildman–Crippen LogP) is 4.03. The van der Waals surface area contributed by atoms with Gasteiger partial charge < -0.3 is 5.32 Å². The van der Waals surface area contributed by atoms with Gasteiger partial charge in [-0.25, -0.2) is 4.68 Å². The molecule has 0 atom stereocenters. The number of rotatable bonds is 5. The smallest absolute Gasteiger partial charge is 0.267 e. The highest BCUT2D eigenvalue weighted by molar-refractivity contribution is 6.30. The minimum atomic E-state index is -0.327. The molecule has 0 saturated heterocycles. The molecule has 0 unspecified atom stereocenters. The largest absolute Gasteiger partial charge is 0.350 e. The Morgan fingerprint density at radius 3 is 2.62 bits per heavy atom. The van der Waals surface area contributed by atoms with Crippen molar-refractivity contribution in [3.8, 4) is 11.3 Å². The molecule has 3 aromatic carbocycles. The Morgan fingerprint density at radius 1 is 0.966 bits per heavy atom. The van der Waals surface area contributed by atoms with E-state index < -0.39 is 0 Å². The molecule has 4 rings (SSSR count). The average Bonchev–Trinajstić information content (AvgIpc) is 2.73. The van der Waals surface area contributed by atoms with Gasteiger partial charge in [-0.1, -0.05) is 66.2 Å². The highest BCUT2D eigenvalue weighted by atomic mass is 35.5. The first-order valence-corrected chi connectivity index (χ1v) is 9.55.